The summed E-state index contributed by atoms with van der Waals surface area (Å²) in [6.45, 7) is 3.72. The molecule has 1 amide bonds. The van der Waals surface area contributed by atoms with Gasteiger partial charge in [-0.15, -0.1) is 0 Å². The van der Waals surface area contributed by atoms with Crippen molar-refractivity contribution in [2.24, 2.45) is 5.73 Å². The maximum absolute atomic E-state index is 12.0. The Balaban J connectivity index is 2.23. The van der Waals surface area contributed by atoms with Gasteiger partial charge in [-0.1, -0.05) is 12.1 Å². The first kappa shape index (κ1) is 12.1. The molecular weight excluding hydrogens is 214 g/mol. The van der Waals surface area contributed by atoms with Gasteiger partial charge < -0.3 is 10.6 Å². The lowest BCUT2D eigenvalue weighted by Crippen LogP contribution is -2.57. The van der Waals surface area contributed by atoms with E-state index in [2.05, 4.69) is 0 Å². The summed E-state index contributed by atoms with van der Waals surface area (Å²) in [7, 11) is 1.95. The van der Waals surface area contributed by atoms with Crippen molar-refractivity contribution in [2.45, 2.75) is 13.0 Å². The van der Waals surface area contributed by atoms with E-state index in [9.17, 15) is 4.79 Å². The molecule has 1 aromatic rings. The third-order valence-electron chi connectivity index (χ3n) is 3.29. The average molecular weight is 233 g/mol. The molecule has 4 heteroatoms. The predicted octanol–water partition coefficient (Wildman–Crippen LogP) is 0.601. The van der Waals surface area contributed by atoms with Crippen LogP contribution in [0.3, 0.4) is 0 Å². The first-order valence-electron chi connectivity index (χ1n) is 5.89. The summed E-state index contributed by atoms with van der Waals surface area (Å²) in [5.41, 5.74) is 7.87. The highest BCUT2D eigenvalue weighted by atomic mass is 16.2. The minimum absolute atomic E-state index is 0.141. The van der Waals surface area contributed by atoms with Crippen molar-refractivity contribution in [3.05, 3.63) is 29.8 Å². The van der Waals surface area contributed by atoms with E-state index in [1.165, 1.54) is 5.56 Å². The molecule has 1 atom stereocenters. The molecule has 0 aromatic heterocycles. The Bertz CT molecular complexity index is 419. The molecule has 0 bridgehead atoms. The number of anilines is 1. The molecule has 1 unspecified atom stereocenters. The van der Waals surface area contributed by atoms with E-state index >= 15 is 0 Å². The van der Waals surface area contributed by atoms with Gasteiger partial charge in [0.15, 0.2) is 0 Å². The predicted molar refractivity (Wildman–Crippen MR) is 69.0 cm³/mol. The number of rotatable bonds is 2. The van der Waals surface area contributed by atoms with Crippen LogP contribution in [0.25, 0.3) is 0 Å². The highest BCUT2D eigenvalue weighted by molar-refractivity contribution is 5.95. The van der Waals surface area contributed by atoms with Gasteiger partial charge in [-0.05, 0) is 31.7 Å². The van der Waals surface area contributed by atoms with Gasteiger partial charge in [-0.25, -0.2) is 0 Å². The number of benzene rings is 1. The summed E-state index contributed by atoms with van der Waals surface area (Å²) in [5, 5.41) is 0. The van der Waals surface area contributed by atoms with Crippen LogP contribution in [-0.2, 0) is 4.79 Å². The van der Waals surface area contributed by atoms with Gasteiger partial charge in [-0.2, -0.15) is 0 Å². The molecule has 2 rings (SSSR count). The van der Waals surface area contributed by atoms with Gasteiger partial charge in [-0.3, -0.25) is 9.69 Å². The zero-order chi connectivity index (χ0) is 12.4. The first-order valence-corrected chi connectivity index (χ1v) is 5.89. The van der Waals surface area contributed by atoms with Gasteiger partial charge in [0.2, 0.25) is 5.91 Å². The van der Waals surface area contributed by atoms with Crippen molar-refractivity contribution in [1.29, 1.82) is 0 Å². The molecule has 0 aliphatic carbocycles. The van der Waals surface area contributed by atoms with E-state index in [0.717, 1.165) is 5.69 Å². The van der Waals surface area contributed by atoms with E-state index in [1.807, 2.05) is 48.0 Å². The van der Waals surface area contributed by atoms with E-state index in [1.54, 1.807) is 0 Å². The lowest BCUT2D eigenvalue weighted by Gasteiger charge is -2.38. The molecule has 1 aliphatic rings. The first-order chi connectivity index (χ1) is 8.11. The molecule has 0 spiro atoms. The SMILES string of the molecule is Cc1cccc(N2CC(CN)N(C)CC2=O)c1. The van der Waals surface area contributed by atoms with Crippen molar-refractivity contribution in [2.75, 3.05) is 31.6 Å². The molecule has 0 radical (unpaired) electrons. The number of amides is 1. The van der Waals surface area contributed by atoms with Crippen LogP contribution in [0, 0.1) is 6.92 Å². The Kier molecular flexibility index (Phi) is 3.45. The second-order valence-electron chi connectivity index (χ2n) is 4.65. The number of nitrogens with two attached hydrogens (primary N) is 1. The number of aryl methyl sites for hydroxylation is 1. The Morgan fingerprint density at radius 3 is 2.88 bits per heavy atom. The molecule has 92 valence electrons. The minimum Gasteiger partial charge on any atom is -0.329 e. The monoisotopic (exact) mass is 233 g/mol. The summed E-state index contributed by atoms with van der Waals surface area (Å²) in [6, 6.07) is 8.27. The van der Waals surface area contributed by atoms with Gasteiger partial charge in [0.25, 0.3) is 0 Å². The molecule has 17 heavy (non-hydrogen) atoms. The van der Waals surface area contributed by atoms with Crippen LogP contribution < -0.4 is 10.6 Å². The molecule has 1 aromatic carbocycles. The molecule has 2 N–H and O–H groups in total. The van der Waals surface area contributed by atoms with Crippen molar-refractivity contribution in [3.8, 4) is 0 Å². The number of likely N-dealkylation sites (N-methyl/N-ethyl adjacent to an activating group) is 1. The maximum Gasteiger partial charge on any atom is 0.241 e. The topological polar surface area (TPSA) is 49.6 Å². The van der Waals surface area contributed by atoms with E-state index < -0.39 is 0 Å². The van der Waals surface area contributed by atoms with E-state index in [0.29, 0.717) is 19.6 Å². The highest BCUT2D eigenvalue weighted by Crippen LogP contribution is 2.20. The van der Waals surface area contributed by atoms with Gasteiger partial charge >= 0.3 is 0 Å². The smallest absolute Gasteiger partial charge is 0.241 e. The van der Waals surface area contributed by atoms with Crippen molar-refractivity contribution in [3.63, 3.8) is 0 Å². The number of hydrogen-bond donors (Lipinski definition) is 1. The number of piperazine rings is 1. The number of carbonyl (C=O) groups is 1. The van der Waals surface area contributed by atoms with E-state index in [-0.39, 0.29) is 11.9 Å². The molecule has 1 saturated heterocycles. The molecule has 4 nitrogen and oxygen atoms in total. The van der Waals surface area contributed by atoms with Gasteiger partial charge in [0.1, 0.15) is 0 Å². The summed E-state index contributed by atoms with van der Waals surface area (Å²) < 4.78 is 0. The zero-order valence-corrected chi connectivity index (χ0v) is 10.4. The number of nitrogens with zero attached hydrogens (tertiary/aromatic N) is 2. The summed E-state index contributed by atoms with van der Waals surface area (Å²) in [6.07, 6.45) is 0. The quantitative estimate of drug-likeness (QED) is 0.814. The normalized spacial score (nSPS) is 21.9. The molecule has 1 fully saturated rings. The Labute approximate surface area is 102 Å². The standard InChI is InChI=1S/C13H19N3O/c1-10-4-3-5-11(6-10)16-8-12(7-14)15(2)9-13(16)17/h3-6,12H,7-9,14H2,1-2H3. The fraction of sp³-hybridized carbons (Fsp3) is 0.462. The zero-order valence-electron chi connectivity index (χ0n) is 10.4. The van der Waals surface area contributed by atoms with Crippen LogP contribution in [0.5, 0.6) is 0 Å². The Morgan fingerprint density at radius 1 is 1.47 bits per heavy atom. The third-order valence-corrected chi connectivity index (χ3v) is 3.29. The summed E-state index contributed by atoms with van der Waals surface area (Å²) >= 11 is 0. The Hall–Kier alpha value is -1.39. The number of hydrogen-bond acceptors (Lipinski definition) is 3. The van der Waals surface area contributed by atoms with Crippen LogP contribution in [-0.4, -0.2) is 43.5 Å². The third kappa shape index (κ3) is 2.48. The second kappa shape index (κ2) is 4.85. The lowest BCUT2D eigenvalue weighted by atomic mass is 10.1. The molecular formula is C13H19N3O. The minimum atomic E-state index is 0.141. The molecule has 0 saturated carbocycles. The number of carbonyl (C=O) groups excluding carboxylic acids is 1. The summed E-state index contributed by atoms with van der Waals surface area (Å²) in [5.74, 6) is 0.141. The average Bonchev–Trinajstić information content (AvgIpc) is 2.29. The van der Waals surface area contributed by atoms with Gasteiger partial charge in [0, 0.05) is 24.8 Å². The lowest BCUT2D eigenvalue weighted by molar-refractivity contribution is -0.121. The van der Waals surface area contributed by atoms with Crippen molar-refractivity contribution in [1.82, 2.24) is 4.90 Å². The molecule has 1 heterocycles. The fourth-order valence-corrected chi connectivity index (χ4v) is 2.18. The fourth-order valence-electron chi connectivity index (χ4n) is 2.18. The Morgan fingerprint density at radius 2 is 2.24 bits per heavy atom. The van der Waals surface area contributed by atoms with Crippen LogP contribution in [0.4, 0.5) is 5.69 Å². The van der Waals surface area contributed by atoms with Crippen LogP contribution in [0.1, 0.15) is 5.56 Å². The largest absolute Gasteiger partial charge is 0.329 e. The summed E-state index contributed by atoms with van der Waals surface area (Å²) in [4.78, 5) is 15.9. The van der Waals surface area contributed by atoms with Crippen LogP contribution >= 0.6 is 0 Å². The highest BCUT2D eigenvalue weighted by Gasteiger charge is 2.29. The maximum atomic E-state index is 12.0. The van der Waals surface area contributed by atoms with Crippen LogP contribution in [0.2, 0.25) is 0 Å². The second-order valence-corrected chi connectivity index (χ2v) is 4.65. The van der Waals surface area contributed by atoms with Gasteiger partial charge in [0.05, 0.1) is 6.54 Å². The van der Waals surface area contributed by atoms with E-state index in [4.69, 9.17) is 5.73 Å². The van der Waals surface area contributed by atoms with Crippen LogP contribution in [0.15, 0.2) is 24.3 Å². The van der Waals surface area contributed by atoms with Crippen molar-refractivity contribution >= 4 is 11.6 Å². The van der Waals surface area contributed by atoms with Crippen molar-refractivity contribution < 1.29 is 4.79 Å². The molecule has 1 aliphatic heterocycles.